The van der Waals surface area contributed by atoms with Crippen LogP contribution in [0.15, 0.2) is 54.9 Å². The average Bonchev–Trinajstić information content (AvgIpc) is 3.27. The second kappa shape index (κ2) is 9.93. The molecule has 1 saturated heterocycles. The topological polar surface area (TPSA) is 83.5 Å². The van der Waals surface area contributed by atoms with Gasteiger partial charge in [0.05, 0.1) is 4.70 Å². The van der Waals surface area contributed by atoms with Crippen LogP contribution in [0, 0.1) is 5.82 Å². The maximum absolute atomic E-state index is 14.2. The minimum atomic E-state index is -0.171. The third kappa shape index (κ3) is 5.08. The number of carbonyl (C=O) groups is 1. The molecule has 5 rings (SSSR count). The van der Waals surface area contributed by atoms with E-state index in [1.54, 1.807) is 6.07 Å². The molecule has 2 aromatic heterocycles. The van der Waals surface area contributed by atoms with Crippen molar-refractivity contribution in [1.29, 1.82) is 0 Å². The molecule has 1 atom stereocenters. The molecule has 1 N–H and O–H groups in total. The first-order valence-electron chi connectivity index (χ1n) is 11.4. The maximum atomic E-state index is 14.2. The van der Waals surface area contributed by atoms with Gasteiger partial charge >= 0.3 is 0 Å². The molecule has 0 spiro atoms. The molecule has 4 aromatic rings. The van der Waals surface area contributed by atoms with Crippen LogP contribution in [0.2, 0.25) is 0 Å². The number of aromatic nitrogens is 3. The first-order chi connectivity index (χ1) is 17.0. The van der Waals surface area contributed by atoms with E-state index < -0.39 is 0 Å². The molecule has 1 amide bonds. The lowest BCUT2D eigenvalue weighted by molar-refractivity contribution is -0.114. The highest BCUT2D eigenvalue weighted by molar-refractivity contribution is 7.22. The normalized spacial score (nSPS) is 15.2. The van der Waals surface area contributed by atoms with Gasteiger partial charge in [-0.3, -0.25) is 9.69 Å². The molecule has 35 heavy (non-hydrogen) atoms. The summed E-state index contributed by atoms with van der Waals surface area (Å²) in [4.78, 5) is 29.1. The van der Waals surface area contributed by atoms with E-state index >= 15 is 0 Å². The highest BCUT2D eigenvalue weighted by Gasteiger charge is 2.24. The van der Waals surface area contributed by atoms with Crippen LogP contribution in [0.1, 0.15) is 25.5 Å². The number of ether oxygens (including phenoxy) is 1. The summed E-state index contributed by atoms with van der Waals surface area (Å²) in [6, 6.07) is 14.4. The van der Waals surface area contributed by atoms with E-state index in [4.69, 9.17) is 4.74 Å². The Labute approximate surface area is 206 Å². The largest absolute Gasteiger partial charge is 0.437 e. The van der Waals surface area contributed by atoms with Crippen molar-refractivity contribution < 1.29 is 13.9 Å². The minimum Gasteiger partial charge on any atom is -0.437 e. The molecule has 3 heterocycles. The van der Waals surface area contributed by atoms with Crippen molar-refractivity contribution in [1.82, 2.24) is 19.9 Å². The van der Waals surface area contributed by atoms with Crippen molar-refractivity contribution in [3.8, 4) is 11.6 Å². The second-order valence-corrected chi connectivity index (χ2v) is 9.37. The number of piperazine rings is 1. The lowest BCUT2D eigenvalue weighted by Gasteiger charge is -2.38. The zero-order chi connectivity index (χ0) is 24.4. The van der Waals surface area contributed by atoms with Crippen LogP contribution < -0.4 is 15.0 Å². The van der Waals surface area contributed by atoms with Crippen LogP contribution in [-0.2, 0) is 4.79 Å². The number of carbonyl (C=O) groups excluding carboxylic acids is 1. The summed E-state index contributed by atoms with van der Waals surface area (Å²) in [5.41, 5.74) is 1.38. The zero-order valence-electron chi connectivity index (χ0n) is 19.4. The molecule has 0 aliphatic carbocycles. The summed E-state index contributed by atoms with van der Waals surface area (Å²) in [7, 11) is 0. The Kier molecular flexibility index (Phi) is 6.56. The predicted octanol–water partition coefficient (Wildman–Crippen LogP) is 4.86. The molecule has 2 aromatic carbocycles. The molecule has 0 unspecified atom stereocenters. The van der Waals surface area contributed by atoms with Crippen molar-refractivity contribution in [3.05, 3.63) is 66.2 Å². The highest BCUT2D eigenvalue weighted by atomic mass is 32.1. The Morgan fingerprint density at radius 2 is 1.91 bits per heavy atom. The van der Waals surface area contributed by atoms with Crippen molar-refractivity contribution >= 4 is 38.4 Å². The summed E-state index contributed by atoms with van der Waals surface area (Å²) in [5.74, 6) is 1.41. The van der Waals surface area contributed by atoms with Gasteiger partial charge in [0.1, 0.15) is 23.5 Å². The lowest BCUT2D eigenvalue weighted by atomic mass is 10.1. The first kappa shape index (κ1) is 23.1. The smallest absolute Gasteiger partial charge is 0.224 e. The van der Waals surface area contributed by atoms with Crippen LogP contribution in [-0.4, -0.2) is 51.9 Å². The Bertz CT molecular complexity index is 1350. The van der Waals surface area contributed by atoms with Gasteiger partial charge in [0.2, 0.25) is 11.8 Å². The van der Waals surface area contributed by atoms with E-state index in [1.807, 2.05) is 43.3 Å². The van der Waals surface area contributed by atoms with Crippen LogP contribution in [0.5, 0.6) is 11.6 Å². The van der Waals surface area contributed by atoms with Gasteiger partial charge in [-0.05, 0) is 25.1 Å². The number of hydrogen-bond acceptors (Lipinski definition) is 8. The summed E-state index contributed by atoms with van der Waals surface area (Å²) in [5, 5.41) is 3.24. The first-order valence-corrected chi connectivity index (χ1v) is 12.2. The van der Waals surface area contributed by atoms with Crippen molar-refractivity contribution in [2.75, 3.05) is 36.4 Å². The zero-order valence-corrected chi connectivity index (χ0v) is 20.3. The van der Waals surface area contributed by atoms with Crippen molar-refractivity contribution in [2.24, 2.45) is 0 Å². The fraction of sp³-hybridized carbons (Fsp3) is 0.280. The number of thiazole rings is 1. The van der Waals surface area contributed by atoms with Crippen LogP contribution in [0.4, 0.5) is 15.3 Å². The molecule has 1 aliphatic heterocycles. The third-order valence-electron chi connectivity index (χ3n) is 6.05. The number of rotatable bonds is 6. The van der Waals surface area contributed by atoms with Gasteiger partial charge in [-0.1, -0.05) is 35.6 Å². The summed E-state index contributed by atoms with van der Waals surface area (Å²) >= 11 is 1.39. The Morgan fingerprint density at radius 3 is 2.69 bits per heavy atom. The van der Waals surface area contributed by atoms with E-state index in [1.165, 1.54) is 30.7 Å². The maximum Gasteiger partial charge on any atom is 0.224 e. The molecule has 0 saturated carbocycles. The van der Waals surface area contributed by atoms with Crippen LogP contribution >= 0.6 is 11.3 Å². The number of amides is 1. The fourth-order valence-electron chi connectivity index (χ4n) is 4.23. The van der Waals surface area contributed by atoms with E-state index in [2.05, 4.69) is 30.1 Å². The molecular weight excluding hydrogens is 467 g/mol. The molecule has 0 bridgehead atoms. The van der Waals surface area contributed by atoms with Gasteiger partial charge in [0.25, 0.3) is 0 Å². The van der Waals surface area contributed by atoms with E-state index in [0.717, 1.165) is 42.3 Å². The minimum absolute atomic E-state index is 0.00336. The number of hydrogen-bond donors (Lipinski definition) is 1. The van der Waals surface area contributed by atoms with Crippen LogP contribution in [0.3, 0.4) is 0 Å². The fourth-order valence-corrected chi connectivity index (χ4v) is 5.16. The quantitative estimate of drug-likeness (QED) is 0.412. The highest BCUT2D eigenvalue weighted by Crippen LogP contribution is 2.35. The number of anilines is 2. The SMILES string of the molecule is CC(=O)Nc1nc2c(Oc3cc(N4CCN([C@H](C)c5ccccc5F)CC4)ncn3)cccc2s1. The predicted molar refractivity (Wildman–Crippen MR) is 135 cm³/mol. The number of fused-ring (bicyclic) bond motifs is 1. The van der Waals surface area contributed by atoms with E-state index in [9.17, 15) is 9.18 Å². The third-order valence-corrected chi connectivity index (χ3v) is 6.98. The average molecular weight is 493 g/mol. The standard InChI is InChI=1S/C25H25FN6O2S/c1-16(18-6-3-4-7-19(18)26)31-10-12-32(13-11-31)22-14-23(28-15-27-22)34-20-8-5-9-21-24(20)30-25(35-21)29-17(2)33/h3-9,14-16H,10-13H2,1-2H3,(H,29,30,33)/t16-/m1/s1. The Morgan fingerprint density at radius 1 is 1.11 bits per heavy atom. The molecule has 180 valence electrons. The van der Waals surface area contributed by atoms with Crippen molar-refractivity contribution in [3.63, 3.8) is 0 Å². The number of para-hydroxylation sites is 1. The number of nitrogens with one attached hydrogen (secondary N) is 1. The van der Waals surface area contributed by atoms with Gasteiger partial charge in [0.15, 0.2) is 10.9 Å². The van der Waals surface area contributed by atoms with Gasteiger partial charge in [-0.25, -0.2) is 19.3 Å². The van der Waals surface area contributed by atoms with Crippen molar-refractivity contribution in [2.45, 2.75) is 19.9 Å². The van der Waals surface area contributed by atoms with Gasteiger partial charge < -0.3 is 15.0 Å². The number of halogens is 1. The molecular formula is C25H25FN6O2S. The molecule has 1 fully saturated rings. The van der Waals surface area contributed by atoms with E-state index in [-0.39, 0.29) is 17.8 Å². The second-order valence-electron chi connectivity index (χ2n) is 8.34. The molecule has 0 radical (unpaired) electrons. The van der Waals surface area contributed by atoms with Crippen LogP contribution in [0.25, 0.3) is 10.2 Å². The van der Waals surface area contributed by atoms with Gasteiger partial charge in [-0.15, -0.1) is 0 Å². The molecule has 10 heteroatoms. The van der Waals surface area contributed by atoms with E-state index in [0.29, 0.717) is 22.3 Å². The van der Waals surface area contributed by atoms with Gasteiger partial charge in [-0.2, -0.15) is 0 Å². The number of nitrogens with zero attached hydrogens (tertiary/aromatic N) is 5. The Balaban J connectivity index is 1.28. The monoisotopic (exact) mass is 492 g/mol. The summed E-state index contributed by atoms with van der Waals surface area (Å²) in [6.45, 7) is 6.60. The summed E-state index contributed by atoms with van der Waals surface area (Å²) < 4.78 is 21.2. The number of benzene rings is 2. The summed E-state index contributed by atoms with van der Waals surface area (Å²) in [6.07, 6.45) is 1.49. The van der Waals surface area contributed by atoms with Gasteiger partial charge in [0, 0.05) is 50.8 Å². The lowest BCUT2D eigenvalue weighted by Crippen LogP contribution is -2.47. The Hall–Kier alpha value is -3.63. The molecule has 8 nitrogen and oxygen atoms in total. The molecule has 1 aliphatic rings.